The average molecular weight is 329 g/mol. The van der Waals surface area contributed by atoms with Gasteiger partial charge in [-0.25, -0.2) is 0 Å². The van der Waals surface area contributed by atoms with Crippen LogP contribution in [0.1, 0.15) is 35.2 Å². The molecule has 2 fully saturated rings. The molecule has 2 aliphatic rings. The van der Waals surface area contributed by atoms with Gasteiger partial charge in [-0.2, -0.15) is 5.10 Å². The molecule has 0 radical (unpaired) electrons. The van der Waals surface area contributed by atoms with Crippen molar-refractivity contribution in [2.45, 2.75) is 37.8 Å². The van der Waals surface area contributed by atoms with Gasteiger partial charge < -0.3 is 14.1 Å². The number of amides is 1. The van der Waals surface area contributed by atoms with Gasteiger partial charge in [0.15, 0.2) is 0 Å². The Bertz CT molecular complexity index is 690. The standard InChI is InChI=1S/C18H23N3O3/c1-20-10-14(9-19-20)8-16-17(24-11-13-2-3-13)4-6-21(16)18(22)15-5-7-23-12-15/h5,7,9-10,12-13,16-17H,2-4,6,8,11H2,1H3/t16-,17+/m0/s1. The molecule has 1 amide bonds. The molecule has 1 aliphatic heterocycles. The Balaban J connectivity index is 1.51. The van der Waals surface area contributed by atoms with Crippen molar-refractivity contribution in [3.63, 3.8) is 0 Å². The summed E-state index contributed by atoms with van der Waals surface area (Å²) in [5, 5.41) is 4.25. The lowest BCUT2D eigenvalue weighted by Crippen LogP contribution is -2.42. The van der Waals surface area contributed by atoms with Crippen LogP contribution in [-0.4, -0.2) is 45.9 Å². The van der Waals surface area contributed by atoms with Gasteiger partial charge in [0.05, 0.1) is 30.2 Å². The van der Waals surface area contributed by atoms with Crippen LogP contribution in [0.25, 0.3) is 0 Å². The molecule has 128 valence electrons. The summed E-state index contributed by atoms with van der Waals surface area (Å²) < 4.78 is 13.0. The highest BCUT2D eigenvalue weighted by atomic mass is 16.5. The Morgan fingerprint density at radius 1 is 1.42 bits per heavy atom. The van der Waals surface area contributed by atoms with Gasteiger partial charge in [-0.05, 0) is 43.2 Å². The Morgan fingerprint density at radius 2 is 2.29 bits per heavy atom. The summed E-state index contributed by atoms with van der Waals surface area (Å²) in [6.45, 7) is 1.55. The third kappa shape index (κ3) is 3.24. The number of likely N-dealkylation sites (tertiary alicyclic amines) is 1. The molecule has 6 heteroatoms. The zero-order valence-electron chi connectivity index (χ0n) is 13.9. The van der Waals surface area contributed by atoms with Crippen molar-refractivity contribution >= 4 is 5.91 Å². The minimum Gasteiger partial charge on any atom is -0.472 e. The van der Waals surface area contributed by atoms with Crippen LogP contribution in [0.15, 0.2) is 35.4 Å². The van der Waals surface area contributed by atoms with Gasteiger partial charge in [0.2, 0.25) is 0 Å². The van der Waals surface area contributed by atoms with E-state index in [-0.39, 0.29) is 18.1 Å². The minimum absolute atomic E-state index is 0.0233. The van der Waals surface area contributed by atoms with Crippen molar-refractivity contribution in [1.29, 1.82) is 0 Å². The molecule has 3 heterocycles. The number of hydrogen-bond acceptors (Lipinski definition) is 4. The number of aryl methyl sites for hydroxylation is 1. The Kier molecular flexibility index (Phi) is 4.14. The van der Waals surface area contributed by atoms with Gasteiger partial charge in [0.25, 0.3) is 5.91 Å². The fraction of sp³-hybridized carbons (Fsp3) is 0.556. The maximum atomic E-state index is 12.8. The fourth-order valence-electron chi connectivity index (χ4n) is 3.43. The number of carbonyl (C=O) groups excluding carboxylic acids is 1. The van der Waals surface area contributed by atoms with Gasteiger partial charge in [0, 0.05) is 26.4 Å². The summed E-state index contributed by atoms with van der Waals surface area (Å²) in [5.74, 6) is 0.748. The highest BCUT2D eigenvalue weighted by Crippen LogP contribution is 2.32. The van der Waals surface area contributed by atoms with Gasteiger partial charge in [0.1, 0.15) is 6.26 Å². The van der Waals surface area contributed by atoms with E-state index in [1.807, 2.05) is 24.3 Å². The summed E-state index contributed by atoms with van der Waals surface area (Å²) in [7, 11) is 1.91. The first-order chi connectivity index (χ1) is 11.7. The van der Waals surface area contributed by atoms with Crippen LogP contribution in [0.2, 0.25) is 0 Å². The predicted molar refractivity (Wildman–Crippen MR) is 87.5 cm³/mol. The van der Waals surface area contributed by atoms with Crippen molar-refractivity contribution in [2.75, 3.05) is 13.2 Å². The number of hydrogen-bond donors (Lipinski definition) is 0. The van der Waals surface area contributed by atoms with Crippen LogP contribution < -0.4 is 0 Å². The Labute approximate surface area is 141 Å². The van der Waals surface area contributed by atoms with Crippen LogP contribution in [0.5, 0.6) is 0 Å². The van der Waals surface area contributed by atoms with Crippen LogP contribution >= 0.6 is 0 Å². The first-order valence-electron chi connectivity index (χ1n) is 8.63. The van der Waals surface area contributed by atoms with Gasteiger partial charge in [-0.3, -0.25) is 9.48 Å². The molecule has 0 bridgehead atoms. The molecule has 0 unspecified atom stereocenters. The normalized spacial score (nSPS) is 23.8. The van der Waals surface area contributed by atoms with Crippen molar-refractivity contribution in [1.82, 2.24) is 14.7 Å². The van der Waals surface area contributed by atoms with Crippen molar-refractivity contribution in [3.05, 3.63) is 42.1 Å². The largest absolute Gasteiger partial charge is 0.472 e. The SMILES string of the molecule is Cn1cc(C[C@H]2[C@H](OCC3CC3)CCN2C(=O)c2ccoc2)cn1. The highest BCUT2D eigenvalue weighted by Gasteiger charge is 2.39. The van der Waals surface area contributed by atoms with E-state index in [4.69, 9.17) is 9.15 Å². The predicted octanol–water partition coefficient (Wildman–Crippen LogP) is 2.27. The number of aromatic nitrogens is 2. The molecule has 1 saturated carbocycles. The van der Waals surface area contributed by atoms with Gasteiger partial charge in [-0.15, -0.1) is 0 Å². The number of nitrogens with zero attached hydrogens (tertiary/aromatic N) is 3. The summed E-state index contributed by atoms with van der Waals surface area (Å²) in [6.07, 6.45) is 11.3. The maximum absolute atomic E-state index is 12.8. The quantitative estimate of drug-likeness (QED) is 0.816. The van der Waals surface area contributed by atoms with E-state index in [9.17, 15) is 4.79 Å². The molecule has 2 atom stereocenters. The smallest absolute Gasteiger partial charge is 0.257 e. The van der Waals surface area contributed by atoms with E-state index >= 15 is 0 Å². The van der Waals surface area contributed by atoms with Crippen molar-refractivity contribution in [3.8, 4) is 0 Å². The molecule has 2 aromatic heterocycles. The lowest BCUT2D eigenvalue weighted by atomic mass is 10.0. The van der Waals surface area contributed by atoms with Crippen molar-refractivity contribution in [2.24, 2.45) is 13.0 Å². The van der Waals surface area contributed by atoms with E-state index in [2.05, 4.69) is 5.10 Å². The van der Waals surface area contributed by atoms with E-state index in [1.54, 1.807) is 17.0 Å². The third-order valence-corrected chi connectivity index (χ3v) is 4.96. The summed E-state index contributed by atoms with van der Waals surface area (Å²) in [5.41, 5.74) is 1.74. The van der Waals surface area contributed by atoms with Gasteiger partial charge in [-0.1, -0.05) is 0 Å². The van der Waals surface area contributed by atoms with Crippen LogP contribution in [0.3, 0.4) is 0 Å². The lowest BCUT2D eigenvalue weighted by Gasteiger charge is -2.28. The van der Waals surface area contributed by atoms with Crippen LogP contribution in [0, 0.1) is 5.92 Å². The fourth-order valence-corrected chi connectivity index (χ4v) is 3.43. The summed E-state index contributed by atoms with van der Waals surface area (Å²) >= 11 is 0. The summed E-state index contributed by atoms with van der Waals surface area (Å²) in [6, 6.07) is 1.78. The maximum Gasteiger partial charge on any atom is 0.257 e. The molecule has 6 nitrogen and oxygen atoms in total. The second-order valence-electron chi connectivity index (χ2n) is 6.91. The van der Waals surface area contributed by atoms with Crippen molar-refractivity contribution < 1.29 is 13.9 Å². The third-order valence-electron chi connectivity index (χ3n) is 4.96. The molecule has 1 aliphatic carbocycles. The second kappa shape index (κ2) is 6.43. The van der Waals surface area contributed by atoms with Crippen LogP contribution in [-0.2, 0) is 18.2 Å². The zero-order valence-corrected chi connectivity index (χ0v) is 13.9. The molecule has 24 heavy (non-hydrogen) atoms. The van der Waals surface area contributed by atoms with E-state index in [1.165, 1.54) is 19.1 Å². The minimum atomic E-state index is 0.0233. The zero-order chi connectivity index (χ0) is 16.5. The second-order valence-corrected chi connectivity index (χ2v) is 6.91. The number of furan rings is 1. The average Bonchev–Trinajstić information content (AvgIpc) is 2.98. The Hall–Kier alpha value is -2.08. The van der Waals surface area contributed by atoms with Crippen LogP contribution in [0.4, 0.5) is 0 Å². The summed E-state index contributed by atoms with van der Waals surface area (Å²) in [4.78, 5) is 14.7. The van der Waals surface area contributed by atoms with Gasteiger partial charge >= 0.3 is 0 Å². The Morgan fingerprint density at radius 3 is 2.96 bits per heavy atom. The van der Waals surface area contributed by atoms with E-state index in [0.29, 0.717) is 5.56 Å². The number of carbonyl (C=O) groups is 1. The first kappa shape index (κ1) is 15.4. The number of ether oxygens (including phenoxy) is 1. The lowest BCUT2D eigenvalue weighted by molar-refractivity contribution is 0.0200. The first-order valence-corrected chi connectivity index (χ1v) is 8.63. The molecule has 0 N–H and O–H groups in total. The molecule has 2 aromatic rings. The number of rotatable bonds is 6. The molecule has 4 rings (SSSR count). The molecule has 1 saturated heterocycles. The molecule has 0 aromatic carbocycles. The molecular weight excluding hydrogens is 306 g/mol. The van der Waals surface area contributed by atoms with E-state index < -0.39 is 0 Å². The molecule has 0 spiro atoms. The topological polar surface area (TPSA) is 60.5 Å². The molecular formula is C18H23N3O3. The monoisotopic (exact) mass is 329 g/mol. The van der Waals surface area contributed by atoms with E-state index in [0.717, 1.165) is 37.5 Å². The highest BCUT2D eigenvalue weighted by molar-refractivity contribution is 5.94.